The molecule has 3 heteroatoms. The predicted molar refractivity (Wildman–Crippen MR) is 44.0 cm³/mol. The van der Waals surface area contributed by atoms with Gasteiger partial charge in [0, 0.05) is 6.20 Å². The summed E-state index contributed by atoms with van der Waals surface area (Å²) in [6.45, 7) is 3.66. The number of hydrogen-bond acceptors (Lipinski definition) is 2. The molecule has 2 aromatic heterocycles. The fraction of sp³-hybridized carbons (Fsp3) is 0. The molecule has 0 bridgehead atoms. The third-order valence-electron chi connectivity index (χ3n) is 1.40. The molecule has 2 nitrogen and oxygen atoms in total. The Labute approximate surface area is 62.4 Å². The van der Waals surface area contributed by atoms with Gasteiger partial charge >= 0.3 is 0 Å². The van der Waals surface area contributed by atoms with Crippen molar-refractivity contribution in [2.24, 2.45) is 0 Å². The van der Waals surface area contributed by atoms with Crippen LogP contribution >= 0.6 is 11.3 Å². The molecule has 0 aliphatic rings. The Morgan fingerprint density at radius 2 is 2.60 bits per heavy atom. The highest BCUT2D eigenvalue weighted by Gasteiger charge is 1.98. The summed E-state index contributed by atoms with van der Waals surface area (Å²) >= 11 is 1.64. The lowest BCUT2D eigenvalue weighted by atomic mass is 10.5. The van der Waals surface area contributed by atoms with Crippen molar-refractivity contribution < 1.29 is 0 Å². The minimum Gasteiger partial charge on any atom is -0.305 e. The molecular formula is C7H6N2S. The highest BCUT2D eigenvalue weighted by molar-refractivity contribution is 7.16. The van der Waals surface area contributed by atoms with Crippen molar-refractivity contribution in [1.29, 1.82) is 0 Å². The lowest BCUT2D eigenvalue weighted by Crippen LogP contribution is -1.77. The monoisotopic (exact) mass is 150 g/mol. The van der Waals surface area contributed by atoms with Crippen molar-refractivity contribution in [3.63, 3.8) is 0 Å². The summed E-state index contributed by atoms with van der Waals surface area (Å²) in [5, 5.41) is 2.03. The quantitative estimate of drug-likeness (QED) is 0.609. The number of rotatable bonds is 1. The number of imidazole rings is 1. The van der Waals surface area contributed by atoms with Gasteiger partial charge in [-0.05, 0) is 11.4 Å². The third-order valence-corrected chi connectivity index (χ3v) is 2.21. The van der Waals surface area contributed by atoms with Crippen molar-refractivity contribution in [2.75, 3.05) is 0 Å². The average Bonchev–Trinajstić information content (AvgIpc) is 2.44. The number of aromatic nitrogens is 2. The Hall–Kier alpha value is -1.09. The van der Waals surface area contributed by atoms with Gasteiger partial charge in [0.05, 0.1) is 5.52 Å². The molecule has 0 saturated carbocycles. The van der Waals surface area contributed by atoms with Gasteiger partial charge in [-0.1, -0.05) is 6.58 Å². The molecule has 0 aromatic carbocycles. The van der Waals surface area contributed by atoms with Crippen LogP contribution in [0.1, 0.15) is 0 Å². The minimum atomic E-state index is 1.07. The molecule has 0 aliphatic carbocycles. The second-order valence-corrected chi connectivity index (χ2v) is 2.84. The van der Waals surface area contributed by atoms with Crippen LogP contribution in [0.3, 0.4) is 0 Å². The SMILES string of the molecule is C=Cn1cnc2sccc21. The van der Waals surface area contributed by atoms with E-state index in [0.29, 0.717) is 0 Å². The standard InChI is InChI=1S/C7H6N2S/c1-2-9-5-8-7-6(9)3-4-10-7/h2-5H,1H2. The Balaban J connectivity index is 2.88. The molecule has 0 atom stereocenters. The summed E-state index contributed by atoms with van der Waals surface area (Å²) in [7, 11) is 0. The zero-order chi connectivity index (χ0) is 6.97. The van der Waals surface area contributed by atoms with E-state index < -0.39 is 0 Å². The molecule has 0 saturated heterocycles. The maximum atomic E-state index is 4.16. The first-order chi connectivity index (χ1) is 4.92. The Kier molecular flexibility index (Phi) is 1.11. The summed E-state index contributed by atoms with van der Waals surface area (Å²) < 4.78 is 1.91. The normalized spacial score (nSPS) is 10.4. The highest BCUT2D eigenvalue weighted by Crippen LogP contribution is 2.18. The van der Waals surface area contributed by atoms with Crippen molar-refractivity contribution in [2.45, 2.75) is 0 Å². The van der Waals surface area contributed by atoms with Gasteiger partial charge in [-0.25, -0.2) is 4.98 Å². The van der Waals surface area contributed by atoms with Crippen LogP contribution in [0.5, 0.6) is 0 Å². The Bertz CT molecular complexity index is 358. The molecule has 0 N–H and O–H groups in total. The van der Waals surface area contributed by atoms with Gasteiger partial charge in [-0.15, -0.1) is 11.3 Å². The number of fused-ring (bicyclic) bond motifs is 1. The lowest BCUT2D eigenvalue weighted by molar-refractivity contribution is 1.18. The van der Waals surface area contributed by atoms with Gasteiger partial charge in [-0.2, -0.15) is 0 Å². The van der Waals surface area contributed by atoms with E-state index in [1.54, 1.807) is 23.9 Å². The van der Waals surface area contributed by atoms with Gasteiger partial charge in [0.25, 0.3) is 0 Å². The Morgan fingerprint density at radius 3 is 3.40 bits per heavy atom. The van der Waals surface area contributed by atoms with Gasteiger partial charge in [-0.3, -0.25) is 0 Å². The van der Waals surface area contributed by atoms with Crippen molar-refractivity contribution in [3.05, 3.63) is 24.4 Å². The molecule has 2 heterocycles. The van der Waals surface area contributed by atoms with Crippen LogP contribution in [0.4, 0.5) is 0 Å². The van der Waals surface area contributed by atoms with Crippen molar-refractivity contribution >= 4 is 27.9 Å². The first-order valence-electron chi connectivity index (χ1n) is 2.94. The van der Waals surface area contributed by atoms with Gasteiger partial charge in [0.2, 0.25) is 0 Å². The molecule has 2 aromatic rings. The fourth-order valence-electron chi connectivity index (χ4n) is 0.910. The molecule has 0 aliphatic heterocycles. The number of hydrogen-bond donors (Lipinski definition) is 0. The zero-order valence-corrected chi connectivity index (χ0v) is 6.14. The first kappa shape index (κ1) is 5.68. The summed E-state index contributed by atoms with van der Waals surface area (Å²) in [6.07, 6.45) is 3.52. The predicted octanol–water partition coefficient (Wildman–Crippen LogP) is 2.20. The van der Waals surface area contributed by atoms with Crippen LogP contribution in [0.15, 0.2) is 24.4 Å². The second-order valence-electron chi connectivity index (χ2n) is 1.95. The average molecular weight is 150 g/mol. The molecular weight excluding hydrogens is 144 g/mol. The van der Waals surface area contributed by atoms with Gasteiger partial charge in [0.1, 0.15) is 11.2 Å². The molecule has 50 valence electrons. The molecule has 0 fully saturated rings. The summed E-state index contributed by atoms with van der Waals surface area (Å²) in [4.78, 5) is 5.23. The van der Waals surface area contributed by atoms with E-state index in [2.05, 4.69) is 11.6 Å². The van der Waals surface area contributed by atoms with Crippen molar-refractivity contribution in [3.8, 4) is 0 Å². The maximum absolute atomic E-state index is 4.16. The van der Waals surface area contributed by atoms with Crippen LogP contribution in [0.2, 0.25) is 0 Å². The first-order valence-corrected chi connectivity index (χ1v) is 3.82. The largest absolute Gasteiger partial charge is 0.305 e. The smallest absolute Gasteiger partial charge is 0.141 e. The molecule has 0 unspecified atom stereocenters. The molecule has 10 heavy (non-hydrogen) atoms. The number of thiophene rings is 1. The summed E-state index contributed by atoms with van der Waals surface area (Å²) in [5.74, 6) is 0. The van der Waals surface area contributed by atoms with E-state index in [1.165, 1.54) is 0 Å². The van der Waals surface area contributed by atoms with Gasteiger partial charge in [0.15, 0.2) is 0 Å². The van der Waals surface area contributed by atoms with E-state index in [9.17, 15) is 0 Å². The third kappa shape index (κ3) is 0.609. The van der Waals surface area contributed by atoms with Gasteiger partial charge < -0.3 is 4.57 Å². The van der Waals surface area contributed by atoms with Crippen LogP contribution < -0.4 is 0 Å². The van der Waals surface area contributed by atoms with E-state index in [-0.39, 0.29) is 0 Å². The van der Waals surface area contributed by atoms with Crippen molar-refractivity contribution in [1.82, 2.24) is 9.55 Å². The molecule has 2 rings (SSSR count). The lowest BCUT2D eigenvalue weighted by Gasteiger charge is -1.86. The fourth-order valence-corrected chi connectivity index (χ4v) is 1.64. The van der Waals surface area contributed by atoms with E-state index >= 15 is 0 Å². The van der Waals surface area contributed by atoms with E-state index in [0.717, 1.165) is 10.3 Å². The topological polar surface area (TPSA) is 17.8 Å². The van der Waals surface area contributed by atoms with E-state index in [1.807, 2.05) is 16.0 Å². The van der Waals surface area contributed by atoms with E-state index in [4.69, 9.17) is 0 Å². The highest BCUT2D eigenvalue weighted by atomic mass is 32.1. The van der Waals surface area contributed by atoms with Crippen LogP contribution in [0, 0.1) is 0 Å². The van der Waals surface area contributed by atoms with Crippen LogP contribution in [-0.4, -0.2) is 9.55 Å². The Morgan fingerprint density at radius 1 is 1.70 bits per heavy atom. The molecule has 0 amide bonds. The molecule has 0 spiro atoms. The van der Waals surface area contributed by atoms with Crippen LogP contribution in [0.25, 0.3) is 16.5 Å². The minimum absolute atomic E-state index is 1.07. The summed E-state index contributed by atoms with van der Waals surface area (Å²) in [5.41, 5.74) is 1.14. The number of nitrogens with zero attached hydrogens (tertiary/aromatic N) is 2. The zero-order valence-electron chi connectivity index (χ0n) is 5.32. The molecule has 0 radical (unpaired) electrons. The van der Waals surface area contributed by atoms with Crippen LogP contribution in [-0.2, 0) is 0 Å². The second kappa shape index (κ2) is 1.95. The summed E-state index contributed by atoms with van der Waals surface area (Å²) in [6, 6.07) is 2.04. The maximum Gasteiger partial charge on any atom is 0.141 e.